The van der Waals surface area contributed by atoms with Gasteiger partial charge in [-0.15, -0.1) is 0 Å². The van der Waals surface area contributed by atoms with E-state index in [1.807, 2.05) is 6.92 Å². The molecule has 0 aliphatic rings. The van der Waals surface area contributed by atoms with E-state index in [1.165, 1.54) is 18.2 Å². The van der Waals surface area contributed by atoms with Crippen LogP contribution in [-0.2, 0) is 6.61 Å². The number of benzene rings is 2. The van der Waals surface area contributed by atoms with Crippen LogP contribution in [0.1, 0.15) is 23.6 Å². The molecule has 0 unspecified atom stereocenters. The Morgan fingerprint density at radius 2 is 1.86 bits per heavy atom. The molecule has 0 aliphatic heterocycles. The van der Waals surface area contributed by atoms with Gasteiger partial charge in [0.15, 0.2) is 0 Å². The lowest BCUT2D eigenvalue weighted by molar-refractivity contribution is 0.291. The maximum Gasteiger partial charge on any atom is 0.132 e. The van der Waals surface area contributed by atoms with Crippen LogP contribution in [0.3, 0.4) is 0 Å². The standard InChI is InChI=1S/C16H15F2NO2/c1-10-6-7-16(12(8-10)11(2)19-20)21-9-13-14(17)4-3-5-15(13)18/h3-8,20H,9H2,1-2H3/b19-11-. The van der Waals surface area contributed by atoms with Crippen molar-refractivity contribution in [3.05, 3.63) is 64.7 Å². The van der Waals surface area contributed by atoms with Crippen LogP contribution in [0.2, 0.25) is 0 Å². The Balaban J connectivity index is 2.28. The predicted molar refractivity (Wildman–Crippen MR) is 75.9 cm³/mol. The summed E-state index contributed by atoms with van der Waals surface area (Å²) in [4.78, 5) is 0. The molecule has 0 atom stereocenters. The Bertz CT molecular complexity index is 664. The van der Waals surface area contributed by atoms with E-state index >= 15 is 0 Å². The summed E-state index contributed by atoms with van der Waals surface area (Å²) in [6.07, 6.45) is 0. The summed E-state index contributed by atoms with van der Waals surface area (Å²) in [6, 6.07) is 8.92. The van der Waals surface area contributed by atoms with E-state index < -0.39 is 11.6 Å². The molecule has 0 saturated carbocycles. The number of hydrogen-bond acceptors (Lipinski definition) is 3. The minimum atomic E-state index is -0.656. The molecule has 2 aromatic carbocycles. The van der Waals surface area contributed by atoms with E-state index in [-0.39, 0.29) is 12.2 Å². The third-order valence-electron chi connectivity index (χ3n) is 3.11. The van der Waals surface area contributed by atoms with Crippen molar-refractivity contribution < 1.29 is 18.7 Å². The molecule has 2 aromatic rings. The van der Waals surface area contributed by atoms with Crippen LogP contribution in [0.15, 0.2) is 41.6 Å². The van der Waals surface area contributed by atoms with Crippen LogP contribution in [0.4, 0.5) is 8.78 Å². The summed E-state index contributed by atoms with van der Waals surface area (Å²) in [5.74, 6) is -0.911. The fourth-order valence-corrected chi connectivity index (χ4v) is 1.93. The van der Waals surface area contributed by atoms with Gasteiger partial charge in [-0.1, -0.05) is 22.9 Å². The molecule has 0 heterocycles. The average Bonchev–Trinajstić information content (AvgIpc) is 2.47. The Morgan fingerprint density at radius 3 is 2.48 bits per heavy atom. The van der Waals surface area contributed by atoms with Crippen molar-refractivity contribution in [3.8, 4) is 5.75 Å². The van der Waals surface area contributed by atoms with Crippen LogP contribution >= 0.6 is 0 Å². The first-order valence-corrected chi connectivity index (χ1v) is 6.38. The fourth-order valence-electron chi connectivity index (χ4n) is 1.93. The zero-order chi connectivity index (χ0) is 15.4. The van der Waals surface area contributed by atoms with E-state index in [9.17, 15) is 8.78 Å². The smallest absolute Gasteiger partial charge is 0.132 e. The van der Waals surface area contributed by atoms with E-state index in [2.05, 4.69) is 5.16 Å². The maximum atomic E-state index is 13.6. The number of hydrogen-bond donors (Lipinski definition) is 1. The summed E-state index contributed by atoms with van der Waals surface area (Å²) < 4.78 is 32.6. The zero-order valence-corrected chi connectivity index (χ0v) is 11.7. The predicted octanol–water partition coefficient (Wildman–Crippen LogP) is 4.05. The van der Waals surface area contributed by atoms with Gasteiger partial charge in [0.25, 0.3) is 0 Å². The Labute approximate surface area is 121 Å². The largest absolute Gasteiger partial charge is 0.488 e. The molecule has 2 rings (SSSR count). The number of halogens is 2. The highest BCUT2D eigenvalue weighted by molar-refractivity contribution is 6.00. The molecule has 0 radical (unpaired) electrons. The molecule has 0 bridgehead atoms. The Kier molecular flexibility index (Phi) is 4.52. The highest BCUT2D eigenvalue weighted by Gasteiger charge is 2.12. The van der Waals surface area contributed by atoms with Crippen molar-refractivity contribution in [2.45, 2.75) is 20.5 Å². The van der Waals surface area contributed by atoms with Crippen LogP contribution in [0.25, 0.3) is 0 Å². The average molecular weight is 291 g/mol. The molecule has 110 valence electrons. The first-order chi connectivity index (χ1) is 10.0. The van der Waals surface area contributed by atoms with E-state index in [1.54, 1.807) is 25.1 Å². The lowest BCUT2D eigenvalue weighted by Crippen LogP contribution is -2.05. The normalized spacial score (nSPS) is 11.5. The van der Waals surface area contributed by atoms with Gasteiger partial charge in [0, 0.05) is 5.56 Å². The van der Waals surface area contributed by atoms with Gasteiger partial charge in [-0.05, 0) is 38.1 Å². The van der Waals surface area contributed by atoms with Gasteiger partial charge >= 0.3 is 0 Å². The first-order valence-electron chi connectivity index (χ1n) is 6.38. The van der Waals surface area contributed by atoms with Gasteiger partial charge in [0.2, 0.25) is 0 Å². The number of nitrogens with zero attached hydrogens (tertiary/aromatic N) is 1. The second-order valence-corrected chi connectivity index (χ2v) is 4.67. The van der Waals surface area contributed by atoms with E-state index in [4.69, 9.17) is 9.94 Å². The minimum absolute atomic E-state index is 0.136. The summed E-state index contributed by atoms with van der Waals surface area (Å²) in [7, 11) is 0. The third-order valence-corrected chi connectivity index (χ3v) is 3.11. The summed E-state index contributed by atoms with van der Waals surface area (Å²) >= 11 is 0. The molecule has 1 N–H and O–H groups in total. The summed E-state index contributed by atoms with van der Waals surface area (Å²) in [5.41, 5.74) is 1.76. The quantitative estimate of drug-likeness (QED) is 0.524. The highest BCUT2D eigenvalue weighted by atomic mass is 19.1. The molecule has 21 heavy (non-hydrogen) atoms. The summed E-state index contributed by atoms with van der Waals surface area (Å²) in [6.45, 7) is 3.26. The minimum Gasteiger partial charge on any atom is -0.488 e. The number of rotatable bonds is 4. The Hall–Kier alpha value is -2.43. The van der Waals surface area contributed by atoms with Crippen molar-refractivity contribution in [1.29, 1.82) is 0 Å². The SMILES string of the molecule is C/C(=N/O)c1cc(C)ccc1OCc1c(F)cccc1F. The molecule has 0 fully saturated rings. The second-order valence-electron chi connectivity index (χ2n) is 4.67. The van der Waals surface area contributed by atoms with Gasteiger partial charge < -0.3 is 9.94 Å². The molecular formula is C16H15F2NO2. The number of ether oxygens (including phenoxy) is 1. The number of aryl methyl sites for hydroxylation is 1. The third kappa shape index (κ3) is 3.37. The van der Waals surface area contributed by atoms with E-state index in [0.29, 0.717) is 17.0 Å². The highest BCUT2D eigenvalue weighted by Crippen LogP contribution is 2.23. The molecule has 0 amide bonds. The monoisotopic (exact) mass is 291 g/mol. The first kappa shape index (κ1) is 15.0. The molecule has 5 heteroatoms. The summed E-state index contributed by atoms with van der Waals surface area (Å²) in [5, 5.41) is 12.0. The fraction of sp³-hybridized carbons (Fsp3) is 0.188. The lowest BCUT2D eigenvalue weighted by atomic mass is 10.1. The van der Waals surface area contributed by atoms with Crippen molar-refractivity contribution in [2.75, 3.05) is 0 Å². The maximum absolute atomic E-state index is 13.6. The van der Waals surface area contributed by atoms with Crippen LogP contribution in [0.5, 0.6) is 5.75 Å². The van der Waals surface area contributed by atoms with Crippen molar-refractivity contribution in [3.63, 3.8) is 0 Å². The van der Waals surface area contributed by atoms with Crippen LogP contribution in [0, 0.1) is 18.6 Å². The molecule has 0 saturated heterocycles. The van der Waals surface area contributed by atoms with Gasteiger partial charge in [-0.25, -0.2) is 8.78 Å². The molecule has 0 spiro atoms. The molecule has 0 aliphatic carbocycles. The van der Waals surface area contributed by atoms with Gasteiger partial charge in [0.1, 0.15) is 24.0 Å². The van der Waals surface area contributed by atoms with Crippen molar-refractivity contribution in [2.24, 2.45) is 5.16 Å². The van der Waals surface area contributed by atoms with Gasteiger partial charge in [0.05, 0.1) is 11.3 Å². The van der Waals surface area contributed by atoms with Gasteiger partial charge in [-0.3, -0.25) is 0 Å². The lowest BCUT2D eigenvalue weighted by Gasteiger charge is -2.12. The molecule has 3 nitrogen and oxygen atoms in total. The topological polar surface area (TPSA) is 41.8 Å². The van der Waals surface area contributed by atoms with Crippen LogP contribution in [-0.4, -0.2) is 10.9 Å². The van der Waals surface area contributed by atoms with Crippen LogP contribution < -0.4 is 4.74 Å². The van der Waals surface area contributed by atoms with Gasteiger partial charge in [-0.2, -0.15) is 0 Å². The zero-order valence-electron chi connectivity index (χ0n) is 11.7. The molecular weight excluding hydrogens is 276 g/mol. The van der Waals surface area contributed by atoms with Crippen molar-refractivity contribution in [1.82, 2.24) is 0 Å². The molecule has 0 aromatic heterocycles. The second kappa shape index (κ2) is 6.35. The van der Waals surface area contributed by atoms with E-state index in [0.717, 1.165) is 5.56 Å². The number of oxime groups is 1. The Morgan fingerprint density at radius 1 is 1.19 bits per heavy atom. The van der Waals surface area contributed by atoms with Crippen molar-refractivity contribution >= 4 is 5.71 Å².